The predicted molar refractivity (Wildman–Crippen MR) is 117 cm³/mol. The first kappa shape index (κ1) is 23.3. The fourth-order valence-electron chi connectivity index (χ4n) is 4.62. The Bertz CT molecular complexity index is 1200. The molecule has 5 rings (SSSR count). The maximum atomic E-state index is 13.0. The zero-order valence-corrected chi connectivity index (χ0v) is 18.2. The number of carbonyl (C=O) groups is 2. The van der Waals surface area contributed by atoms with Crippen molar-refractivity contribution < 1.29 is 27.9 Å². The van der Waals surface area contributed by atoms with Gasteiger partial charge < -0.3 is 19.5 Å². The van der Waals surface area contributed by atoms with Gasteiger partial charge in [0.15, 0.2) is 5.82 Å². The SMILES string of the molecule is CCN1c2cccnc2-n2cccc2C12CCN(C(=O)c1ccccn1)C2.O=C(O)C(F)(F)F. The Balaban J connectivity index is 0.000000344. The summed E-state index contributed by atoms with van der Waals surface area (Å²) in [7, 11) is 0. The van der Waals surface area contributed by atoms with Crippen LogP contribution in [0.25, 0.3) is 5.82 Å². The van der Waals surface area contributed by atoms with Crippen LogP contribution < -0.4 is 4.90 Å². The van der Waals surface area contributed by atoms with E-state index < -0.39 is 12.1 Å². The van der Waals surface area contributed by atoms with Gasteiger partial charge in [0, 0.05) is 38.2 Å². The van der Waals surface area contributed by atoms with Gasteiger partial charge in [-0.1, -0.05) is 6.07 Å². The number of rotatable bonds is 2. The van der Waals surface area contributed by atoms with Gasteiger partial charge in [0.25, 0.3) is 5.91 Å². The van der Waals surface area contributed by atoms with Crippen LogP contribution in [0.3, 0.4) is 0 Å². The second kappa shape index (κ2) is 8.81. The minimum absolute atomic E-state index is 0.00128. The minimum atomic E-state index is -5.08. The van der Waals surface area contributed by atoms with Crippen LogP contribution in [-0.4, -0.2) is 62.2 Å². The molecule has 0 aliphatic carbocycles. The first-order valence-electron chi connectivity index (χ1n) is 10.6. The predicted octanol–water partition coefficient (Wildman–Crippen LogP) is 3.48. The lowest BCUT2D eigenvalue weighted by Gasteiger charge is -2.46. The summed E-state index contributed by atoms with van der Waals surface area (Å²) in [6.07, 6.45) is 1.38. The molecule has 5 heterocycles. The molecule has 0 bridgehead atoms. The van der Waals surface area contributed by atoms with Crippen LogP contribution in [-0.2, 0) is 10.3 Å². The number of nitrogens with zero attached hydrogens (tertiary/aromatic N) is 5. The van der Waals surface area contributed by atoms with E-state index in [1.54, 1.807) is 12.3 Å². The van der Waals surface area contributed by atoms with Crippen molar-refractivity contribution in [1.82, 2.24) is 19.4 Å². The molecule has 0 aromatic carbocycles. The Morgan fingerprint density at radius 2 is 1.82 bits per heavy atom. The molecule has 1 saturated heterocycles. The van der Waals surface area contributed by atoms with Gasteiger partial charge in [-0.15, -0.1) is 0 Å². The van der Waals surface area contributed by atoms with E-state index in [4.69, 9.17) is 9.90 Å². The second-order valence-corrected chi connectivity index (χ2v) is 7.88. The lowest BCUT2D eigenvalue weighted by atomic mass is 9.89. The minimum Gasteiger partial charge on any atom is -0.475 e. The summed E-state index contributed by atoms with van der Waals surface area (Å²) in [6, 6.07) is 13.8. The molecule has 1 N–H and O–H groups in total. The number of amides is 1. The van der Waals surface area contributed by atoms with Crippen molar-refractivity contribution in [1.29, 1.82) is 0 Å². The van der Waals surface area contributed by atoms with Crippen molar-refractivity contribution in [3.63, 3.8) is 0 Å². The number of carboxylic acid groups (broad SMARTS) is 1. The van der Waals surface area contributed by atoms with E-state index in [0.717, 1.165) is 24.5 Å². The van der Waals surface area contributed by atoms with Gasteiger partial charge >= 0.3 is 12.1 Å². The number of pyridine rings is 2. The van der Waals surface area contributed by atoms with Gasteiger partial charge in [0.05, 0.1) is 11.4 Å². The molecule has 1 unspecified atom stereocenters. The highest BCUT2D eigenvalue weighted by Crippen LogP contribution is 2.46. The standard InChI is InChI=1S/C21H21N5O.C2HF3O2/c1-2-26-17-8-5-12-23-19(17)25-13-6-9-18(25)21(26)10-14-24(15-21)20(27)16-7-3-4-11-22-16;3-2(4,5)1(6)7/h3-9,11-13H,2,10,14-15H2,1H3;(H,6,7). The van der Waals surface area contributed by atoms with E-state index in [1.807, 2.05) is 29.3 Å². The fraction of sp³-hybridized carbons (Fsp3) is 0.304. The molecule has 1 spiro atoms. The van der Waals surface area contributed by atoms with Crippen molar-refractivity contribution >= 4 is 17.6 Å². The summed E-state index contributed by atoms with van der Waals surface area (Å²) >= 11 is 0. The Morgan fingerprint density at radius 1 is 1.09 bits per heavy atom. The largest absolute Gasteiger partial charge is 0.490 e. The van der Waals surface area contributed by atoms with Gasteiger partial charge in [0.1, 0.15) is 11.2 Å². The average molecular weight is 473 g/mol. The van der Waals surface area contributed by atoms with Crippen molar-refractivity contribution in [3.8, 4) is 5.82 Å². The zero-order chi connectivity index (χ0) is 24.5. The Labute approximate surface area is 193 Å². The number of alkyl halides is 3. The molecule has 3 aromatic rings. The van der Waals surface area contributed by atoms with Crippen LogP contribution in [0.5, 0.6) is 0 Å². The number of aromatic nitrogens is 3. The first-order chi connectivity index (χ1) is 16.2. The molecule has 2 aliphatic heterocycles. The highest BCUT2D eigenvalue weighted by atomic mass is 19.4. The number of carboxylic acids is 1. The lowest BCUT2D eigenvalue weighted by Crippen LogP contribution is -2.52. The number of likely N-dealkylation sites (tertiary alicyclic amines) is 1. The summed E-state index contributed by atoms with van der Waals surface area (Å²) in [6.45, 7) is 4.39. The van der Waals surface area contributed by atoms with Gasteiger partial charge in [-0.05, 0) is 49.7 Å². The molecule has 0 saturated carbocycles. The van der Waals surface area contributed by atoms with Crippen LogP contribution in [0, 0.1) is 0 Å². The summed E-state index contributed by atoms with van der Waals surface area (Å²) in [5, 5.41) is 7.12. The lowest BCUT2D eigenvalue weighted by molar-refractivity contribution is -0.192. The number of hydrogen-bond donors (Lipinski definition) is 1. The Hall–Kier alpha value is -3.89. The maximum absolute atomic E-state index is 13.0. The van der Waals surface area contributed by atoms with E-state index in [-0.39, 0.29) is 11.4 Å². The van der Waals surface area contributed by atoms with Crippen LogP contribution in [0.1, 0.15) is 29.5 Å². The third kappa shape index (κ3) is 3.97. The second-order valence-electron chi connectivity index (χ2n) is 7.88. The molecule has 3 aromatic heterocycles. The smallest absolute Gasteiger partial charge is 0.475 e. The molecule has 0 radical (unpaired) electrons. The van der Waals surface area contributed by atoms with E-state index in [1.165, 1.54) is 5.69 Å². The molecular formula is C23H22F3N5O3. The molecule has 34 heavy (non-hydrogen) atoms. The Morgan fingerprint density at radius 3 is 2.47 bits per heavy atom. The number of hydrogen-bond acceptors (Lipinski definition) is 5. The molecular weight excluding hydrogens is 451 g/mol. The molecule has 1 fully saturated rings. The maximum Gasteiger partial charge on any atom is 0.490 e. The normalized spacial score (nSPS) is 18.7. The van der Waals surface area contributed by atoms with Crippen LogP contribution in [0.2, 0.25) is 0 Å². The van der Waals surface area contributed by atoms with Crippen LogP contribution in [0.4, 0.5) is 18.9 Å². The topological polar surface area (TPSA) is 91.6 Å². The van der Waals surface area contributed by atoms with E-state index >= 15 is 0 Å². The number of aliphatic carboxylic acids is 1. The van der Waals surface area contributed by atoms with Gasteiger partial charge in [-0.3, -0.25) is 9.78 Å². The number of halogens is 3. The molecule has 2 aliphatic rings. The van der Waals surface area contributed by atoms with Crippen molar-refractivity contribution in [2.45, 2.75) is 25.1 Å². The van der Waals surface area contributed by atoms with Gasteiger partial charge in [-0.2, -0.15) is 13.2 Å². The van der Waals surface area contributed by atoms with Gasteiger partial charge in [-0.25, -0.2) is 9.78 Å². The van der Waals surface area contributed by atoms with Crippen molar-refractivity contribution in [2.24, 2.45) is 0 Å². The monoisotopic (exact) mass is 473 g/mol. The number of anilines is 1. The summed E-state index contributed by atoms with van der Waals surface area (Å²) < 4.78 is 33.9. The van der Waals surface area contributed by atoms with Crippen molar-refractivity contribution in [2.75, 3.05) is 24.5 Å². The summed E-state index contributed by atoms with van der Waals surface area (Å²) in [5.41, 5.74) is 2.59. The van der Waals surface area contributed by atoms with Crippen LogP contribution in [0.15, 0.2) is 61.1 Å². The van der Waals surface area contributed by atoms with E-state index in [9.17, 15) is 18.0 Å². The number of likely N-dealkylation sites (N-methyl/N-ethyl adjacent to an activating group) is 1. The molecule has 8 nitrogen and oxygen atoms in total. The quantitative estimate of drug-likeness (QED) is 0.613. The first-order valence-corrected chi connectivity index (χ1v) is 10.6. The Kier molecular flexibility index (Phi) is 6.03. The third-order valence-electron chi connectivity index (χ3n) is 6.00. The number of fused-ring (bicyclic) bond motifs is 4. The average Bonchev–Trinajstić information content (AvgIpc) is 3.49. The van der Waals surface area contributed by atoms with Crippen LogP contribution >= 0.6 is 0 Å². The zero-order valence-electron chi connectivity index (χ0n) is 18.2. The van der Waals surface area contributed by atoms with Gasteiger partial charge in [0.2, 0.25) is 0 Å². The van der Waals surface area contributed by atoms with E-state index in [2.05, 4.69) is 50.8 Å². The highest BCUT2D eigenvalue weighted by Gasteiger charge is 2.50. The number of carbonyl (C=O) groups excluding carboxylic acids is 1. The summed E-state index contributed by atoms with van der Waals surface area (Å²) in [5.74, 6) is -1.80. The fourth-order valence-corrected chi connectivity index (χ4v) is 4.62. The van der Waals surface area contributed by atoms with E-state index in [0.29, 0.717) is 18.8 Å². The summed E-state index contributed by atoms with van der Waals surface area (Å²) in [4.78, 5) is 35.1. The highest BCUT2D eigenvalue weighted by molar-refractivity contribution is 5.92. The third-order valence-corrected chi connectivity index (χ3v) is 6.00. The molecule has 178 valence electrons. The van der Waals surface area contributed by atoms with Crippen molar-refractivity contribution in [3.05, 3.63) is 72.4 Å². The molecule has 1 amide bonds. The molecule has 11 heteroatoms. The molecule has 1 atom stereocenters.